The number of pyridine rings is 1. The summed E-state index contributed by atoms with van der Waals surface area (Å²) >= 11 is 6.14. The number of aromatic nitrogens is 1. The lowest BCUT2D eigenvalue weighted by Gasteiger charge is -2.32. The minimum absolute atomic E-state index is 0.0932. The van der Waals surface area contributed by atoms with Crippen LogP contribution in [0, 0.1) is 5.82 Å². The van der Waals surface area contributed by atoms with Gasteiger partial charge >= 0.3 is 0 Å². The second-order valence-corrected chi connectivity index (χ2v) is 6.79. The maximum absolute atomic E-state index is 15.0. The fraction of sp³-hybridized carbons (Fsp3) is 0.200. The zero-order valence-electron chi connectivity index (χ0n) is 14.2. The number of nitrogens with one attached hydrogen (secondary N) is 1. The van der Waals surface area contributed by atoms with Crippen LogP contribution in [0.2, 0.25) is 5.02 Å². The Bertz CT molecular complexity index is 1020. The molecule has 0 bridgehead atoms. The average Bonchev–Trinajstić information content (AvgIpc) is 2.62. The number of halogens is 2. The van der Waals surface area contributed by atoms with Crippen molar-refractivity contribution in [1.29, 1.82) is 0 Å². The lowest BCUT2D eigenvalue weighted by Crippen LogP contribution is -2.31. The predicted molar refractivity (Wildman–Crippen MR) is 102 cm³/mol. The van der Waals surface area contributed by atoms with E-state index in [2.05, 4.69) is 10.3 Å². The second kappa shape index (κ2) is 6.57. The van der Waals surface area contributed by atoms with Gasteiger partial charge in [-0.1, -0.05) is 23.7 Å². The van der Waals surface area contributed by atoms with Crippen LogP contribution in [0.3, 0.4) is 0 Å². The Kier molecular flexibility index (Phi) is 4.24. The molecule has 1 aliphatic rings. The van der Waals surface area contributed by atoms with E-state index in [4.69, 9.17) is 11.6 Å². The van der Waals surface area contributed by atoms with Crippen molar-refractivity contribution in [3.05, 3.63) is 64.6 Å². The van der Waals surface area contributed by atoms with Crippen molar-refractivity contribution in [1.82, 2.24) is 4.98 Å². The summed E-state index contributed by atoms with van der Waals surface area (Å²) in [6, 6.07) is 11.1. The third-order valence-corrected chi connectivity index (χ3v) is 5.02. The molecule has 0 aliphatic carbocycles. The van der Waals surface area contributed by atoms with E-state index in [0.29, 0.717) is 29.2 Å². The molecule has 0 saturated heterocycles. The molecule has 0 atom stereocenters. The van der Waals surface area contributed by atoms with Gasteiger partial charge in [-0.3, -0.25) is 9.78 Å². The first-order chi connectivity index (χ1) is 12.5. The van der Waals surface area contributed by atoms with E-state index < -0.39 is 0 Å². The molecular formula is C20H17ClFN3O. The Morgan fingerprint density at radius 2 is 2.12 bits per heavy atom. The highest BCUT2D eigenvalue weighted by Crippen LogP contribution is 2.34. The Labute approximate surface area is 155 Å². The van der Waals surface area contributed by atoms with Crippen LogP contribution in [0.15, 0.2) is 42.6 Å². The van der Waals surface area contributed by atoms with Crippen molar-refractivity contribution >= 4 is 39.8 Å². The topological polar surface area (TPSA) is 45.2 Å². The molecule has 0 fully saturated rings. The second-order valence-electron chi connectivity index (χ2n) is 6.38. The molecular weight excluding hydrogens is 353 g/mol. The zero-order chi connectivity index (χ0) is 18.3. The number of anilines is 2. The molecule has 2 aromatic carbocycles. The average molecular weight is 370 g/mol. The third kappa shape index (κ3) is 2.88. The summed E-state index contributed by atoms with van der Waals surface area (Å²) < 4.78 is 15.0. The van der Waals surface area contributed by atoms with Gasteiger partial charge in [-0.25, -0.2) is 4.39 Å². The van der Waals surface area contributed by atoms with Gasteiger partial charge in [0, 0.05) is 37.3 Å². The zero-order valence-corrected chi connectivity index (χ0v) is 15.0. The Morgan fingerprint density at radius 1 is 1.27 bits per heavy atom. The molecule has 26 heavy (non-hydrogen) atoms. The van der Waals surface area contributed by atoms with Crippen molar-refractivity contribution < 1.29 is 9.18 Å². The van der Waals surface area contributed by atoms with Crippen molar-refractivity contribution in [3.8, 4) is 0 Å². The maximum Gasteiger partial charge on any atom is 0.221 e. The fourth-order valence-corrected chi connectivity index (χ4v) is 3.71. The summed E-state index contributed by atoms with van der Waals surface area (Å²) in [5.41, 5.74) is 3.83. The van der Waals surface area contributed by atoms with Crippen LogP contribution in [-0.4, -0.2) is 17.4 Å². The number of carbonyl (C=O) groups is 1. The summed E-state index contributed by atoms with van der Waals surface area (Å²) in [7, 11) is 0. The highest BCUT2D eigenvalue weighted by atomic mass is 35.5. The number of hydrogen-bond donors (Lipinski definition) is 1. The standard InChI is InChI=1S/C20H17ClFN3O/c1-12(26)24-17-4-2-3-13-11-25(10-8-14(13)17)18-6-5-15-16(21)7-9-23-20(15)19(18)22/h2-7,9H,8,10-11H2,1H3,(H,24,26). The Balaban J connectivity index is 1.71. The molecule has 4 rings (SSSR count). The molecule has 6 heteroatoms. The molecule has 3 aromatic rings. The molecule has 1 aromatic heterocycles. The largest absolute Gasteiger partial charge is 0.364 e. The van der Waals surface area contributed by atoms with Crippen molar-refractivity contribution in [2.75, 3.05) is 16.8 Å². The first kappa shape index (κ1) is 16.8. The van der Waals surface area contributed by atoms with Gasteiger partial charge in [-0.2, -0.15) is 0 Å². The Hall–Kier alpha value is -2.66. The smallest absolute Gasteiger partial charge is 0.221 e. The van der Waals surface area contributed by atoms with Crippen LogP contribution in [-0.2, 0) is 17.8 Å². The van der Waals surface area contributed by atoms with E-state index in [1.54, 1.807) is 12.1 Å². The minimum atomic E-state index is -0.355. The number of nitrogens with zero attached hydrogens (tertiary/aromatic N) is 2. The SMILES string of the molecule is CC(=O)Nc1cccc2c1CCN(c1ccc3c(Cl)ccnc3c1F)C2. The van der Waals surface area contributed by atoms with E-state index in [0.717, 1.165) is 23.2 Å². The number of fused-ring (bicyclic) bond motifs is 2. The van der Waals surface area contributed by atoms with Gasteiger partial charge in [0.15, 0.2) is 5.82 Å². The van der Waals surface area contributed by atoms with Gasteiger partial charge in [0.2, 0.25) is 5.91 Å². The van der Waals surface area contributed by atoms with Crippen LogP contribution in [0.5, 0.6) is 0 Å². The lowest BCUT2D eigenvalue weighted by molar-refractivity contribution is -0.114. The van der Waals surface area contributed by atoms with E-state index in [-0.39, 0.29) is 17.2 Å². The van der Waals surface area contributed by atoms with Crippen LogP contribution < -0.4 is 10.2 Å². The molecule has 1 aliphatic heterocycles. The van der Waals surface area contributed by atoms with E-state index in [1.807, 2.05) is 29.2 Å². The molecule has 1 N–H and O–H groups in total. The van der Waals surface area contributed by atoms with Crippen LogP contribution in [0.1, 0.15) is 18.1 Å². The van der Waals surface area contributed by atoms with E-state index in [9.17, 15) is 4.79 Å². The van der Waals surface area contributed by atoms with Crippen molar-refractivity contribution in [3.63, 3.8) is 0 Å². The molecule has 4 nitrogen and oxygen atoms in total. The van der Waals surface area contributed by atoms with E-state index in [1.165, 1.54) is 13.1 Å². The monoisotopic (exact) mass is 369 g/mol. The molecule has 2 heterocycles. The first-order valence-corrected chi connectivity index (χ1v) is 8.78. The number of amides is 1. The summed E-state index contributed by atoms with van der Waals surface area (Å²) in [6.07, 6.45) is 2.25. The quantitative estimate of drug-likeness (QED) is 0.720. The summed E-state index contributed by atoms with van der Waals surface area (Å²) in [4.78, 5) is 17.5. The lowest BCUT2D eigenvalue weighted by atomic mass is 9.97. The number of benzene rings is 2. The molecule has 0 unspecified atom stereocenters. The molecule has 132 valence electrons. The molecule has 0 spiro atoms. The Morgan fingerprint density at radius 3 is 2.92 bits per heavy atom. The van der Waals surface area contributed by atoms with Gasteiger partial charge in [0.1, 0.15) is 5.52 Å². The van der Waals surface area contributed by atoms with E-state index >= 15 is 4.39 Å². The highest BCUT2D eigenvalue weighted by molar-refractivity contribution is 6.35. The van der Waals surface area contributed by atoms with Gasteiger partial charge in [0.05, 0.1) is 10.7 Å². The summed E-state index contributed by atoms with van der Waals surface area (Å²) in [5, 5.41) is 3.98. The fourth-order valence-electron chi connectivity index (χ4n) is 3.51. The first-order valence-electron chi connectivity index (χ1n) is 8.40. The van der Waals surface area contributed by atoms with Crippen molar-refractivity contribution in [2.45, 2.75) is 19.9 Å². The van der Waals surface area contributed by atoms with Gasteiger partial charge in [-0.05, 0) is 41.8 Å². The molecule has 0 radical (unpaired) electrons. The van der Waals surface area contributed by atoms with Gasteiger partial charge in [-0.15, -0.1) is 0 Å². The number of carbonyl (C=O) groups excluding carboxylic acids is 1. The third-order valence-electron chi connectivity index (χ3n) is 4.69. The molecule has 0 saturated carbocycles. The minimum Gasteiger partial charge on any atom is -0.364 e. The summed E-state index contributed by atoms with van der Waals surface area (Å²) in [5.74, 6) is -0.448. The van der Waals surface area contributed by atoms with Crippen LogP contribution >= 0.6 is 11.6 Å². The number of rotatable bonds is 2. The van der Waals surface area contributed by atoms with Crippen molar-refractivity contribution in [2.24, 2.45) is 0 Å². The van der Waals surface area contributed by atoms with Crippen LogP contribution in [0.25, 0.3) is 10.9 Å². The molecule has 1 amide bonds. The summed E-state index contributed by atoms with van der Waals surface area (Å²) in [6.45, 7) is 2.73. The van der Waals surface area contributed by atoms with Gasteiger partial charge < -0.3 is 10.2 Å². The van der Waals surface area contributed by atoms with Gasteiger partial charge in [0.25, 0.3) is 0 Å². The maximum atomic E-state index is 15.0. The predicted octanol–water partition coefficient (Wildman–Crippen LogP) is 4.55. The normalized spacial score (nSPS) is 13.6. The highest BCUT2D eigenvalue weighted by Gasteiger charge is 2.22. The van der Waals surface area contributed by atoms with Crippen LogP contribution in [0.4, 0.5) is 15.8 Å². The number of hydrogen-bond acceptors (Lipinski definition) is 3.